The van der Waals surface area contributed by atoms with Crippen molar-refractivity contribution in [2.45, 2.75) is 19.3 Å². The molecule has 1 aromatic carbocycles. The van der Waals surface area contributed by atoms with E-state index in [4.69, 9.17) is 11.5 Å². The molecule has 1 fully saturated rings. The van der Waals surface area contributed by atoms with Crippen molar-refractivity contribution in [3.8, 4) is 0 Å². The minimum atomic E-state index is -0.207. The number of piperidine rings is 1. The van der Waals surface area contributed by atoms with Crippen LogP contribution in [0.25, 0.3) is 10.9 Å². The van der Waals surface area contributed by atoms with Crippen LogP contribution in [0.3, 0.4) is 0 Å². The third kappa shape index (κ3) is 2.41. The molecule has 1 aromatic heterocycles. The zero-order chi connectivity index (χ0) is 14.1. The number of primary amides is 1. The number of anilines is 2. The Morgan fingerprint density at radius 2 is 2.15 bits per heavy atom. The van der Waals surface area contributed by atoms with Crippen LogP contribution < -0.4 is 16.4 Å². The van der Waals surface area contributed by atoms with Gasteiger partial charge in [-0.25, -0.2) is 0 Å². The molecule has 1 amide bonds. The standard InChI is InChI=1S/C14H19N5O/c15-11-6-10-8-17-18-12(10)7-13(11)19-3-1-9(2-4-19)5-14(16)20/h6-9H,1-5,15H2,(H2,16,20)(H,17,18). The molecule has 0 saturated carbocycles. The van der Waals surface area contributed by atoms with Gasteiger partial charge in [0.2, 0.25) is 5.91 Å². The Balaban J connectivity index is 1.76. The minimum absolute atomic E-state index is 0.207. The fourth-order valence-corrected chi connectivity index (χ4v) is 2.93. The third-order valence-electron chi connectivity index (χ3n) is 4.03. The van der Waals surface area contributed by atoms with Gasteiger partial charge in [-0.3, -0.25) is 9.89 Å². The fourth-order valence-electron chi connectivity index (χ4n) is 2.93. The van der Waals surface area contributed by atoms with Gasteiger partial charge >= 0.3 is 0 Å². The van der Waals surface area contributed by atoms with E-state index in [0.29, 0.717) is 12.3 Å². The molecule has 6 heteroatoms. The Labute approximate surface area is 117 Å². The second-order valence-electron chi connectivity index (χ2n) is 5.47. The number of fused-ring (bicyclic) bond motifs is 1. The number of carbonyl (C=O) groups is 1. The molecule has 6 nitrogen and oxygen atoms in total. The van der Waals surface area contributed by atoms with Gasteiger partial charge in [0, 0.05) is 24.9 Å². The molecule has 1 saturated heterocycles. The Kier molecular flexibility index (Phi) is 3.22. The summed E-state index contributed by atoms with van der Waals surface area (Å²) in [6.07, 6.45) is 4.21. The Bertz CT molecular complexity index is 628. The lowest BCUT2D eigenvalue weighted by molar-refractivity contribution is -0.119. The smallest absolute Gasteiger partial charge is 0.217 e. The molecule has 0 spiro atoms. The van der Waals surface area contributed by atoms with Gasteiger partial charge in [0.25, 0.3) is 0 Å². The maximum absolute atomic E-state index is 11.0. The molecule has 0 bridgehead atoms. The topological polar surface area (TPSA) is 101 Å². The van der Waals surface area contributed by atoms with Crippen molar-refractivity contribution in [3.63, 3.8) is 0 Å². The highest BCUT2D eigenvalue weighted by atomic mass is 16.1. The van der Waals surface area contributed by atoms with Crippen LogP contribution >= 0.6 is 0 Å². The predicted molar refractivity (Wildman–Crippen MR) is 79.3 cm³/mol. The summed E-state index contributed by atoms with van der Waals surface area (Å²) in [4.78, 5) is 13.2. The highest BCUT2D eigenvalue weighted by molar-refractivity contribution is 5.88. The summed E-state index contributed by atoms with van der Waals surface area (Å²) < 4.78 is 0. The Morgan fingerprint density at radius 3 is 2.85 bits per heavy atom. The molecule has 106 valence electrons. The van der Waals surface area contributed by atoms with Crippen LogP contribution in [-0.4, -0.2) is 29.2 Å². The lowest BCUT2D eigenvalue weighted by Gasteiger charge is -2.34. The molecule has 2 heterocycles. The number of amides is 1. The van der Waals surface area contributed by atoms with E-state index in [9.17, 15) is 4.79 Å². The van der Waals surface area contributed by atoms with Crippen LogP contribution in [0.2, 0.25) is 0 Å². The summed E-state index contributed by atoms with van der Waals surface area (Å²) >= 11 is 0. The van der Waals surface area contributed by atoms with E-state index in [1.807, 2.05) is 12.1 Å². The molecule has 1 aliphatic heterocycles. The lowest BCUT2D eigenvalue weighted by Crippen LogP contribution is -2.35. The van der Waals surface area contributed by atoms with Crippen molar-refractivity contribution in [1.82, 2.24) is 10.2 Å². The van der Waals surface area contributed by atoms with Gasteiger partial charge in [0.15, 0.2) is 0 Å². The monoisotopic (exact) mass is 273 g/mol. The second-order valence-corrected chi connectivity index (χ2v) is 5.47. The number of H-pyrrole nitrogens is 1. The van der Waals surface area contributed by atoms with Crippen LogP contribution in [0.15, 0.2) is 18.3 Å². The first-order valence-electron chi connectivity index (χ1n) is 6.89. The van der Waals surface area contributed by atoms with Gasteiger partial charge in [0.1, 0.15) is 0 Å². The number of rotatable bonds is 3. The van der Waals surface area contributed by atoms with Crippen LogP contribution in [0.4, 0.5) is 11.4 Å². The molecule has 0 atom stereocenters. The molecule has 20 heavy (non-hydrogen) atoms. The molecule has 3 rings (SSSR count). The molecule has 2 aromatic rings. The number of nitrogen functional groups attached to an aromatic ring is 1. The van der Waals surface area contributed by atoms with E-state index in [-0.39, 0.29) is 5.91 Å². The number of nitrogens with zero attached hydrogens (tertiary/aromatic N) is 2. The number of hydrogen-bond acceptors (Lipinski definition) is 4. The molecule has 0 aliphatic carbocycles. The van der Waals surface area contributed by atoms with Crippen molar-refractivity contribution < 1.29 is 4.79 Å². The van der Waals surface area contributed by atoms with Gasteiger partial charge in [-0.15, -0.1) is 0 Å². The van der Waals surface area contributed by atoms with Gasteiger partial charge in [-0.2, -0.15) is 5.10 Å². The number of benzene rings is 1. The van der Waals surface area contributed by atoms with Crippen LogP contribution in [-0.2, 0) is 4.79 Å². The highest BCUT2D eigenvalue weighted by Crippen LogP contribution is 2.31. The molecular formula is C14H19N5O. The fraction of sp³-hybridized carbons (Fsp3) is 0.429. The van der Waals surface area contributed by atoms with Crippen molar-refractivity contribution in [1.29, 1.82) is 0 Å². The van der Waals surface area contributed by atoms with Gasteiger partial charge in [0.05, 0.1) is 23.1 Å². The number of nitrogens with one attached hydrogen (secondary N) is 1. The third-order valence-corrected chi connectivity index (χ3v) is 4.03. The van der Waals surface area contributed by atoms with Crippen molar-refractivity contribution in [2.24, 2.45) is 11.7 Å². The Morgan fingerprint density at radius 1 is 1.40 bits per heavy atom. The highest BCUT2D eigenvalue weighted by Gasteiger charge is 2.22. The summed E-state index contributed by atoms with van der Waals surface area (Å²) in [5.41, 5.74) is 14.2. The first-order valence-corrected chi connectivity index (χ1v) is 6.89. The number of aromatic nitrogens is 2. The van der Waals surface area contributed by atoms with Crippen LogP contribution in [0, 0.1) is 5.92 Å². The average Bonchev–Trinajstić information content (AvgIpc) is 2.85. The van der Waals surface area contributed by atoms with E-state index in [0.717, 1.165) is 48.2 Å². The van der Waals surface area contributed by atoms with Gasteiger partial charge < -0.3 is 16.4 Å². The van der Waals surface area contributed by atoms with Crippen molar-refractivity contribution in [3.05, 3.63) is 18.3 Å². The van der Waals surface area contributed by atoms with E-state index in [1.165, 1.54) is 0 Å². The number of hydrogen-bond donors (Lipinski definition) is 3. The second kappa shape index (κ2) is 5.03. The quantitative estimate of drug-likeness (QED) is 0.732. The molecule has 1 aliphatic rings. The predicted octanol–water partition coefficient (Wildman–Crippen LogP) is 1.24. The normalized spacial score (nSPS) is 16.7. The van der Waals surface area contributed by atoms with Crippen LogP contribution in [0.5, 0.6) is 0 Å². The average molecular weight is 273 g/mol. The molecule has 5 N–H and O–H groups in total. The minimum Gasteiger partial charge on any atom is -0.397 e. The zero-order valence-electron chi connectivity index (χ0n) is 11.3. The van der Waals surface area contributed by atoms with Crippen LogP contribution in [0.1, 0.15) is 19.3 Å². The summed E-state index contributed by atoms with van der Waals surface area (Å²) in [5, 5.41) is 8.01. The largest absolute Gasteiger partial charge is 0.397 e. The summed E-state index contributed by atoms with van der Waals surface area (Å²) in [6, 6.07) is 4.00. The molecular weight excluding hydrogens is 254 g/mol. The first-order chi connectivity index (χ1) is 9.63. The number of nitrogens with two attached hydrogens (primary N) is 2. The number of carbonyl (C=O) groups excluding carboxylic acids is 1. The molecule has 0 radical (unpaired) electrons. The maximum Gasteiger partial charge on any atom is 0.217 e. The Hall–Kier alpha value is -2.24. The van der Waals surface area contributed by atoms with Crippen molar-refractivity contribution >= 4 is 28.2 Å². The van der Waals surface area contributed by atoms with E-state index >= 15 is 0 Å². The van der Waals surface area contributed by atoms with Gasteiger partial charge in [-0.05, 0) is 30.9 Å². The number of aromatic amines is 1. The zero-order valence-corrected chi connectivity index (χ0v) is 11.3. The van der Waals surface area contributed by atoms with E-state index in [1.54, 1.807) is 6.20 Å². The van der Waals surface area contributed by atoms with E-state index < -0.39 is 0 Å². The first kappa shape index (κ1) is 12.8. The van der Waals surface area contributed by atoms with Crippen molar-refractivity contribution in [2.75, 3.05) is 23.7 Å². The summed E-state index contributed by atoms with van der Waals surface area (Å²) in [5.74, 6) is 0.197. The van der Waals surface area contributed by atoms with E-state index in [2.05, 4.69) is 15.1 Å². The summed E-state index contributed by atoms with van der Waals surface area (Å²) in [6.45, 7) is 1.81. The maximum atomic E-state index is 11.0. The van der Waals surface area contributed by atoms with Gasteiger partial charge in [-0.1, -0.05) is 0 Å². The SMILES string of the molecule is NC(=O)CC1CCN(c2cc3[nH]ncc3cc2N)CC1. The summed E-state index contributed by atoms with van der Waals surface area (Å²) in [7, 11) is 0. The lowest BCUT2D eigenvalue weighted by atomic mass is 9.93. The molecule has 0 unspecified atom stereocenters.